The average molecular weight is 483 g/mol. The number of carbonyl (C=O) groups excluding carboxylic acids is 1. The van der Waals surface area contributed by atoms with E-state index < -0.39 is 17.6 Å². The van der Waals surface area contributed by atoms with Crippen LogP contribution in [0.4, 0.5) is 18.9 Å². The van der Waals surface area contributed by atoms with Gasteiger partial charge in [0, 0.05) is 11.6 Å². The number of carbonyl (C=O) groups is 1. The van der Waals surface area contributed by atoms with Crippen molar-refractivity contribution in [3.63, 3.8) is 0 Å². The van der Waals surface area contributed by atoms with E-state index in [1.54, 1.807) is 28.8 Å². The fourth-order valence-electron chi connectivity index (χ4n) is 2.90. The second kappa shape index (κ2) is 10.1. The van der Waals surface area contributed by atoms with Crippen molar-refractivity contribution in [1.29, 1.82) is 0 Å². The lowest BCUT2D eigenvalue weighted by Crippen LogP contribution is -2.18. The summed E-state index contributed by atoms with van der Waals surface area (Å²) in [5.41, 5.74) is -0.615. The molecule has 0 aliphatic rings. The Kier molecular flexibility index (Phi) is 7.47. The van der Waals surface area contributed by atoms with Crippen LogP contribution in [0.2, 0.25) is 5.02 Å². The summed E-state index contributed by atoms with van der Waals surface area (Å²) in [6.07, 6.45) is -2.94. The van der Waals surface area contributed by atoms with Gasteiger partial charge in [0.15, 0.2) is 11.0 Å². The average Bonchev–Trinajstić information content (AvgIpc) is 3.14. The summed E-state index contributed by atoms with van der Waals surface area (Å²) in [7, 11) is 1.51. The number of para-hydroxylation sites is 1. The number of alkyl halides is 3. The first kappa shape index (κ1) is 23.7. The first-order valence-corrected chi connectivity index (χ1v) is 10.6. The number of aromatic nitrogens is 3. The molecule has 1 aromatic heterocycles. The summed E-state index contributed by atoms with van der Waals surface area (Å²) < 4.78 is 46.5. The van der Waals surface area contributed by atoms with Crippen molar-refractivity contribution in [2.45, 2.75) is 17.9 Å². The minimum Gasteiger partial charge on any atom is -0.496 e. The number of allylic oxidation sites excluding steroid dienone is 1. The highest BCUT2D eigenvalue weighted by atomic mass is 35.5. The maximum Gasteiger partial charge on any atom is 0.418 e. The predicted octanol–water partition coefficient (Wildman–Crippen LogP) is 5.54. The minimum absolute atomic E-state index is 0.172. The summed E-state index contributed by atoms with van der Waals surface area (Å²) in [5, 5.41) is 11.5. The quantitative estimate of drug-likeness (QED) is 0.337. The van der Waals surface area contributed by atoms with E-state index in [2.05, 4.69) is 22.1 Å². The van der Waals surface area contributed by atoms with Gasteiger partial charge >= 0.3 is 6.18 Å². The highest BCUT2D eigenvalue weighted by Crippen LogP contribution is 2.35. The summed E-state index contributed by atoms with van der Waals surface area (Å²) in [6.45, 7) is 4.06. The number of nitrogens with one attached hydrogen (secondary N) is 1. The number of amides is 1. The molecule has 3 aromatic rings. The Morgan fingerprint density at radius 1 is 1.28 bits per heavy atom. The van der Waals surface area contributed by atoms with Crippen molar-refractivity contribution in [3.05, 3.63) is 65.7 Å². The molecule has 11 heteroatoms. The molecule has 1 heterocycles. The summed E-state index contributed by atoms with van der Waals surface area (Å²) in [6, 6.07) is 9.85. The Morgan fingerprint density at radius 2 is 2.03 bits per heavy atom. The van der Waals surface area contributed by atoms with Crippen LogP contribution in [0.5, 0.6) is 5.75 Å². The van der Waals surface area contributed by atoms with Gasteiger partial charge in [0.1, 0.15) is 5.75 Å². The predicted molar refractivity (Wildman–Crippen MR) is 118 cm³/mol. The fourth-order valence-corrected chi connectivity index (χ4v) is 3.82. The number of anilines is 1. The van der Waals surface area contributed by atoms with E-state index in [0.717, 1.165) is 17.8 Å². The molecule has 0 fully saturated rings. The van der Waals surface area contributed by atoms with Crippen molar-refractivity contribution in [1.82, 2.24) is 14.8 Å². The maximum atomic E-state index is 13.1. The van der Waals surface area contributed by atoms with Gasteiger partial charge < -0.3 is 10.1 Å². The Morgan fingerprint density at radius 3 is 2.72 bits per heavy atom. The molecule has 0 bridgehead atoms. The molecular weight excluding hydrogens is 465 g/mol. The van der Waals surface area contributed by atoms with Crippen LogP contribution in [-0.4, -0.2) is 33.5 Å². The molecule has 2 aromatic carbocycles. The smallest absolute Gasteiger partial charge is 0.418 e. The molecule has 0 spiro atoms. The van der Waals surface area contributed by atoms with Crippen molar-refractivity contribution in [3.8, 4) is 17.1 Å². The number of methoxy groups -OCH3 is 1. The highest BCUT2D eigenvalue weighted by molar-refractivity contribution is 7.99. The molecule has 0 aliphatic heterocycles. The van der Waals surface area contributed by atoms with Gasteiger partial charge in [0.25, 0.3) is 0 Å². The fraction of sp³-hybridized carbons (Fsp3) is 0.190. The number of halogens is 4. The van der Waals surface area contributed by atoms with Crippen molar-refractivity contribution >= 4 is 35.0 Å². The Bertz CT molecular complexity index is 1130. The molecule has 1 N–H and O–H groups in total. The van der Waals surface area contributed by atoms with Gasteiger partial charge in [-0.2, -0.15) is 13.2 Å². The van der Waals surface area contributed by atoms with E-state index in [1.807, 2.05) is 0 Å². The summed E-state index contributed by atoms with van der Waals surface area (Å²) in [5.74, 6) is 0.204. The first-order valence-electron chi connectivity index (χ1n) is 9.21. The van der Waals surface area contributed by atoms with Crippen LogP contribution in [0.15, 0.2) is 60.3 Å². The van der Waals surface area contributed by atoms with Crippen molar-refractivity contribution in [2.75, 3.05) is 18.2 Å². The van der Waals surface area contributed by atoms with E-state index in [4.69, 9.17) is 16.3 Å². The first-order chi connectivity index (χ1) is 15.2. The molecule has 0 aliphatic carbocycles. The largest absolute Gasteiger partial charge is 0.496 e. The molecule has 32 heavy (non-hydrogen) atoms. The van der Waals surface area contributed by atoms with Gasteiger partial charge in [0.05, 0.1) is 29.7 Å². The van der Waals surface area contributed by atoms with Gasteiger partial charge in [-0.1, -0.05) is 41.6 Å². The molecule has 0 unspecified atom stereocenters. The number of hydrogen-bond acceptors (Lipinski definition) is 5. The lowest BCUT2D eigenvalue weighted by molar-refractivity contribution is -0.137. The van der Waals surface area contributed by atoms with Crippen LogP contribution < -0.4 is 10.1 Å². The molecule has 0 radical (unpaired) electrons. The number of rotatable bonds is 8. The van der Waals surface area contributed by atoms with Crippen LogP contribution in [0.25, 0.3) is 11.4 Å². The van der Waals surface area contributed by atoms with Gasteiger partial charge in [-0.15, -0.1) is 16.8 Å². The van der Waals surface area contributed by atoms with E-state index in [1.165, 1.54) is 25.3 Å². The van der Waals surface area contributed by atoms with Gasteiger partial charge in [0.2, 0.25) is 5.91 Å². The van der Waals surface area contributed by atoms with Gasteiger partial charge in [-0.05, 0) is 30.3 Å². The molecule has 0 saturated carbocycles. The van der Waals surface area contributed by atoms with E-state index in [9.17, 15) is 18.0 Å². The van der Waals surface area contributed by atoms with E-state index >= 15 is 0 Å². The highest BCUT2D eigenvalue weighted by Gasteiger charge is 2.33. The molecular formula is C21H18ClF3N4O2S. The third-order valence-corrected chi connectivity index (χ3v) is 5.47. The third-order valence-electron chi connectivity index (χ3n) is 4.27. The van der Waals surface area contributed by atoms with Gasteiger partial charge in [-0.3, -0.25) is 9.36 Å². The van der Waals surface area contributed by atoms with Crippen LogP contribution >= 0.6 is 23.4 Å². The molecule has 0 atom stereocenters. The zero-order valence-corrected chi connectivity index (χ0v) is 18.4. The third kappa shape index (κ3) is 5.43. The molecule has 6 nitrogen and oxygen atoms in total. The zero-order chi connectivity index (χ0) is 23.3. The summed E-state index contributed by atoms with van der Waals surface area (Å²) >= 11 is 7.15. The SMILES string of the molecule is C=CCn1c(SCC(=O)Nc2ccccc2C(F)(F)F)nnc1-c1cc(Cl)ccc1OC. The van der Waals surface area contributed by atoms with Crippen molar-refractivity contribution in [2.24, 2.45) is 0 Å². The van der Waals surface area contributed by atoms with E-state index in [0.29, 0.717) is 33.9 Å². The standard InChI is InChI=1S/C21H18ClF3N4O2S/c1-3-10-29-19(14-11-13(22)8-9-17(14)31-2)27-28-20(29)32-12-18(30)26-16-7-5-4-6-15(16)21(23,24)25/h3-9,11H,1,10,12H2,2H3,(H,26,30). The lowest BCUT2D eigenvalue weighted by atomic mass is 10.1. The Hall–Kier alpha value is -2.98. The summed E-state index contributed by atoms with van der Waals surface area (Å²) in [4.78, 5) is 12.3. The van der Waals surface area contributed by atoms with Crippen LogP contribution in [0.3, 0.4) is 0 Å². The Labute approximate surface area is 191 Å². The zero-order valence-electron chi connectivity index (χ0n) is 16.8. The number of hydrogen-bond donors (Lipinski definition) is 1. The minimum atomic E-state index is -4.58. The molecule has 3 rings (SSSR count). The normalized spacial score (nSPS) is 11.3. The molecule has 168 valence electrons. The Balaban J connectivity index is 1.80. The maximum absolute atomic E-state index is 13.1. The molecule has 1 amide bonds. The van der Waals surface area contributed by atoms with Crippen LogP contribution in [0.1, 0.15) is 5.56 Å². The second-order valence-electron chi connectivity index (χ2n) is 6.43. The number of ether oxygens (including phenoxy) is 1. The number of nitrogens with zero attached hydrogens (tertiary/aromatic N) is 3. The van der Waals surface area contributed by atoms with Gasteiger partial charge in [-0.25, -0.2) is 0 Å². The number of benzene rings is 2. The van der Waals surface area contributed by atoms with Crippen LogP contribution in [-0.2, 0) is 17.5 Å². The van der Waals surface area contributed by atoms with Crippen molar-refractivity contribution < 1.29 is 22.7 Å². The topological polar surface area (TPSA) is 69.0 Å². The monoisotopic (exact) mass is 482 g/mol. The van der Waals surface area contributed by atoms with Crippen LogP contribution in [0, 0.1) is 0 Å². The molecule has 0 saturated heterocycles. The number of thioether (sulfide) groups is 1. The van der Waals surface area contributed by atoms with E-state index in [-0.39, 0.29) is 11.4 Å². The second-order valence-corrected chi connectivity index (χ2v) is 7.81. The lowest BCUT2D eigenvalue weighted by Gasteiger charge is -2.13.